The number of nitrogens with one attached hydrogen (secondary N) is 2. The Balaban J connectivity index is 1.31. The summed E-state index contributed by atoms with van der Waals surface area (Å²) >= 11 is 0. The predicted octanol–water partition coefficient (Wildman–Crippen LogP) is 3.28. The fraction of sp³-hybridized carbons (Fsp3) is 0.375. The maximum absolute atomic E-state index is 12.4. The normalized spacial score (nSPS) is 20.4. The number of hydrogen-bond donors (Lipinski definition) is 3. The summed E-state index contributed by atoms with van der Waals surface area (Å²) in [6.07, 6.45) is 1.24. The average Bonchev–Trinajstić information content (AvgIpc) is 3.35. The van der Waals surface area contributed by atoms with Gasteiger partial charge in [-0.2, -0.15) is 0 Å². The van der Waals surface area contributed by atoms with Crippen LogP contribution in [0.4, 0.5) is 4.79 Å². The third-order valence-electron chi connectivity index (χ3n) is 6.20. The van der Waals surface area contributed by atoms with Crippen molar-refractivity contribution in [2.75, 3.05) is 6.61 Å². The molecule has 2 aromatic carbocycles. The molecule has 162 valence electrons. The van der Waals surface area contributed by atoms with Gasteiger partial charge in [0, 0.05) is 17.9 Å². The van der Waals surface area contributed by atoms with Gasteiger partial charge >= 0.3 is 12.1 Å². The van der Waals surface area contributed by atoms with Crippen LogP contribution in [0.15, 0.2) is 48.5 Å². The molecular formula is C24H26N2O5. The van der Waals surface area contributed by atoms with Gasteiger partial charge in [0.1, 0.15) is 12.6 Å². The fourth-order valence-corrected chi connectivity index (χ4v) is 4.55. The van der Waals surface area contributed by atoms with Crippen LogP contribution < -0.4 is 10.6 Å². The summed E-state index contributed by atoms with van der Waals surface area (Å²) in [4.78, 5) is 35.5. The highest BCUT2D eigenvalue weighted by molar-refractivity contribution is 5.85. The van der Waals surface area contributed by atoms with Crippen LogP contribution >= 0.6 is 0 Å². The first-order valence-electron chi connectivity index (χ1n) is 10.6. The minimum atomic E-state index is -1.07. The second-order valence-corrected chi connectivity index (χ2v) is 8.25. The number of amides is 2. The van der Waals surface area contributed by atoms with E-state index in [1.807, 2.05) is 24.3 Å². The number of benzene rings is 2. The highest BCUT2D eigenvalue weighted by atomic mass is 16.5. The second kappa shape index (κ2) is 8.79. The minimum Gasteiger partial charge on any atom is -0.480 e. The number of aliphatic carboxylic acids is 1. The lowest BCUT2D eigenvalue weighted by Gasteiger charge is -2.17. The molecule has 7 nitrogen and oxygen atoms in total. The van der Waals surface area contributed by atoms with Crippen molar-refractivity contribution in [3.63, 3.8) is 0 Å². The van der Waals surface area contributed by atoms with Crippen LogP contribution in [0.3, 0.4) is 0 Å². The monoisotopic (exact) mass is 422 g/mol. The Morgan fingerprint density at radius 2 is 1.65 bits per heavy atom. The first-order valence-corrected chi connectivity index (χ1v) is 10.6. The standard InChI is InChI=1S/C24H26N2O5/c1-14(23(28)29)25-22(27)15-10-11-16(12-15)26-24(30)31-13-21-19-8-4-2-6-17(19)18-7-3-5-9-20(18)21/h2-9,14-16,21H,10-13H2,1H3,(H,25,27)(H,26,30)(H,28,29)/t14-,15?,16?/m0/s1. The molecule has 0 radical (unpaired) electrons. The fourth-order valence-electron chi connectivity index (χ4n) is 4.55. The maximum Gasteiger partial charge on any atom is 0.407 e. The number of rotatable bonds is 6. The summed E-state index contributed by atoms with van der Waals surface area (Å²) in [5, 5.41) is 14.3. The Bertz CT molecular complexity index is 959. The van der Waals surface area contributed by atoms with Gasteiger partial charge in [0.15, 0.2) is 0 Å². The Kier molecular flexibility index (Phi) is 5.93. The van der Waals surface area contributed by atoms with Crippen molar-refractivity contribution >= 4 is 18.0 Å². The summed E-state index contributed by atoms with van der Waals surface area (Å²) in [5.74, 6) is -1.66. The predicted molar refractivity (Wildman–Crippen MR) is 115 cm³/mol. The highest BCUT2D eigenvalue weighted by Crippen LogP contribution is 2.44. The second-order valence-electron chi connectivity index (χ2n) is 8.25. The zero-order valence-corrected chi connectivity index (χ0v) is 17.3. The minimum absolute atomic E-state index is 0.00207. The molecule has 3 atom stereocenters. The SMILES string of the molecule is C[C@H](NC(=O)C1CCC(NC(=O)OCC2c3ccccc3-c3ccccc32)C1)C(=O)O. The molecule has 7 heteroatoms. The van der Waals surface area contributed by atoms with Gasteiger partial charge in [0.05, 0.1) is 0 Å². The molecule has 0 saturated heterocycles. The van der Waals surface area contributed by atoms with E-state index in [2.05, 4.69) is 34.9 Å². The highest BCUT2D eigenvalue weighted by Gasteiger charge is 2.33. The van der Waals surface area contributed by atoms with Crippen LogP contribution in [0.25, 0.3) is 11.1 Å². The van der Waals surface area contributed by atoms with Gasteiger partial charge < -0.3 is 20.5 Å². The van der Waals surface area contributed by atoms with E-state index in [-0.39, 0.29) is 30.4 Å². The summed E-state index contributed by atoms with van der Waals surface area (Å²) in [6, 6.07) is 15.2. The van der Waals surface area contributed by atoms with Crippen LogP contribution in [0.2, 0.25) is 0 Å². The molecule has 2 amide bonds. The first kappa shape index (κ1) is 20.9. The zero-order valence-electron chi connectivity index (χ0n) is 17.3. The van der Waals surface area contributed by atoms with Crippen LogP contribution in [0, 0.1) is 5.92 Å². The molecule has 3 N–H and O–H groups in total. The smallest absolute Gasteiger partial charge is 0.407 e. The van der Waals surface area contributed by atoms with Gasteiger partial charge in [-0.25, -0.2) is 4.79 Å². The lowest BCUT2D eigenvalue weighted by molar-refractivity contribution is -0.141. The molecule has 31 heavy (non-hydrogen) atoms. The van der Waals surface area contributed by atoms with Gasteiger partial charge in [-0.15, -0.1) is 0 Å². The average molecular weight is 422 g/mol. The number of alkyl carbamates (subject to hydrolysis) is 1. The summed E-state index contributed by atoms with van der Waals surface area (Å²) in [6.45, 7) is 1.67. The molecule has 0 aliphatic heterocycles. The summed E-state index contributed by atoms with van der Waals surface area (Å²) < 4.78 is 5.57. The molecule has 1 saturated carbocycles. The number of ether oxygens (including phenoxy) is 1. The van der Waals surface area contributed by atoms with Crippen LogP contribution in [0.1, 0.15) is 43.2 Å². The quantitative estimate of drug-likeness (QED) is 0.663. The summed E-state index contributed by atoms with van der Waals surface area (Å²) in [5.41, 5.74) is 4.66. The van der Waals surface area contributed by atoms with Crippen LogP contribution in [-0.4, -0.2) is 41.8 Å². The van der Waals surface area contributed by atoms with E-state index in [9.17, 15) is 14.4 Å². The third kappa shape index (κ3) is 4.40. The van der Waals surface area contributed by atoms with E-state index in [4.69, 9.17) is 9.84 Å². The number of carbonyl (C=O) groups is 3. The Morgan fingerprint density at radius 1 is 1.03 bits per heavy atom. The van der Waals surface area contributed by atoms with Crippen molar-refractivity contribution in [3.8, 4) is 11.1 Å². The van der Waals surface area contributed by atoms with Crippen molar-refractivity contribution in [1.29, 1.82) is 0 Å². The largest absolute Gasteiger partial charge is 0.480 e. The molecule has 4 rings (SSSR count). The van der Waals surface area contributed by atoms with Crippen molar-refractivity contribution in [2.45, 2.75) is 44.2 Å². The van der Waals surface area contributed by atoms with Crippen molar-refractivity contribution in [1.82, 2.24) is 10.6 Å². The molecule has 0 aromatic heterocycles. The molecule has 2 aliphatic carbocycles. The Labute approximate surface area is 180 Å². The molecule has 2 aliphatic rings. The first-order chi connectivity index (χ1) is 14.9. The Morgan fingerprint density at radius 3 is 2.26 bits per heavy atom. The molecule has 2 unspecified atom stereocenters. The summed E-state index contributed by atoms with van der Waals surface area (Å²) in [7, 11) is 0. The molecule has 0 bridgehead atoms. The number of carboxylic acid groups (broad SMARTS) is 1. The van der Waals surface area contributed by atoms with Gasteiger partial charge in [0.2, 0.25) is 5.91 Å². The molecular weight excluding hydrogens is 396 g/mol. The van der Waals surface area contributed by atoms with Gasteiger partial charge in [-0.05, 0) is 48.4 Å². The number of carboxylic acids is 1. The third-order valence-corrected chi connectivity index (χ3v) is 6.20. The number of fused-ring (bicyclic) bond motifs is 3. The van der Waals surface area contributed by atoms with Crippen LogP contribution in [0.5, 0.6) is 0 Å². The van der Waals surface area contributed by atoms with E-state index >= 15 is 0 Å². The molecule has 2 aromatic rings. The topological polar surface area (TPSA) is 105 Å². The van der Waals surface area contributed by atoms with E-state index in [1.54, 1.807) is 0 Å². The maximum atomic E-state index is 12.4. The van der Waals surface area contributed by atoms with Crippen LogP contribution in [-0.2, 0) is 14.3 Å². The van der Waals surface area contributed by atoms with E-state index < -0.39 is 18.1 Å². The number of hydrogen-bond acceptors (Lipinski definition) is 4. The Hall–Kier alpha value is -3.35. The molecule has 1 fully saturated rings. The van der Waals surface area contributed by atoms with Crippen molar-refractivity contribution < 1.29 is 24.2 Å². The molecule has 0 heterocycles. The zero-order chi connectivity index (χ0) is 22.0. The lowest BCUT2D eigenvalue weighted by Crippen LogP contribution is -2.41. The lowest BCUT2D eigenvalue weighted by atomic mass is 9.98. The van der Waals surface area contributed by atoms with Gasteiger partial charge in [0.25, 0.3) is 0 Å². The van der Waals surface area contributed by atoms with E-state index in [0.29, 0.717) is 19.3 Å². The number of carbonyl (C=O) groups excluding carboxylic acids is 2. The van der Waals surface area contributed by atoms with E-state index in [0.717, 1.165) is 11.1 Å². The van der Waals surface area contributed by atoms with Crippen molar-refractivity contribution in [3.05, 3.63) is 59.7 Å². The van der Waals surface area contributed by atoms with Gasteiger partial charge in [-0.3, -0.25) is 9.59 Å². The molecule has 0 spiro atoms. The van der Waals surface area contributed by atoms with Gasteiger partial charge in [-0.1, -0.05) is 48.5 Å². The van der Waals surface area contributed by atoms with Crippen molar-refractivity contribution in [2.24, 2.45) is 5.92 Å². The van der Waals surface area contributed by atoms with E-state index in [1.165, 1.54) is 18.1 Å².